The van der Waals surface area contributed by atoms with E-state index in [2.05, 4.69) is 27.8 Å². The Labute approximate surface area is 144 Å². The Morgan fingerprint density at radius 3 is 2.61 bits per heavy atom. The van der Waals surface area contributed by atoms with E-state index < -0.39 is 5.97 Å². The van der Waals surface area contributed by atoms with Crippen molar-refractivity contribution in [1.82, 2.24) is 4.98 Å². The molecule has 2 aromatic rings. The molecule has 1 heterocycles. The molecule has 1 aromatic carbocycles. The van der Waals surface area contributed by atoms with Crippen LogP contribution in [0.5, 0.6) is 5.75 Å². The molecule has 0 spiro atoms. The van der Waals surface area contributed by atoms with Gasteiger partial charge in [-0.25, -0.2) is 9.78 Å². The van der Waals surface area contributed by atoms with E-state index in [0.29, 0.717) is 30.1 Å². The van der Waals surface area contributed by atoms with Crippen LogP contribution >= 0.6 is 15.9 Å². The molecule has 5 nitrogen and oxygen atoms in total. The first kappa shape index (κ1) is 17.5. The molecule has 0 aliphatic carbocycles. The topological polar surface area (TPSA) is 61.6 Å². The largest absolute Gasteiger partial charge is 0.494 e. The number of nitrogens with zero attached hydrogens (tertiary/aromatic N) is 1. The Morgan fingerprint density at radius 2 is 2.00 bits per heavy atom. The maximum Gasteiger partial charge on any atom is 0.376 e. The highest BCUT2D eigenvalue weighted by molar-refractivity contribution is 9.08. The first-order valence-electron chi connectivity index (χ1n) is 7.65. The van der Waals surface area contributed by atoms with Crippen molar-refractivity contribution < 1.29 is 18.7 Å². The van der Waals surface area contributed by atoms with Crippen molar-refractivity contribution in [2.75, 3.05) is 13.2 Å². The number of unbranched alkanes of at least 4 members (excludes halogenated alkanes) is 1. The Morgan fingerprint density at radius 1 is 1.26 bits per heavy atom. The van der Waals surface area contributed by atoms with Gasteiger partial charge in [0.05, 0.1) is 13.2 Å². The van der Waals surface area contributed by atoms with Crippen LogP contribution < -0.4 is 4.74 Å². The number of alkyl halides is 1. The summed E-state index contributed by atoms with van der Waals surface area (Å²) >= 11 is 3.31. The standard InChI is InChI=1S/C17H20BrNO4/c1-3-5-10-22-13-8-6-12(7-9-13)16-19-14(11-18)15(23-16)17(20)21-4-2/h6-9H,3-5,10-11H2,1-2H3. The summed E-state index contributed by atoms with van der Waals surface area (Å²) in [6.45, 7) is 4.87. The molecule has 0 radical (unpaired) electrons. The zero-order valence-electron chi connectivity index (χ0n) is 13.3. The molecule has 6 heteroatoms. The average Bonchev–Trinajstić information content (AvgIpc) is 3.00. The Bertz CT molecular complexity index is 637. The van der Waals surface area contributed by atoms with Gasteiger partial charge in [-0.2, -0.15) is 0 Å². The number of oxazole rings is 1. The van der Waals surface area contributed by atoms with Gasteiger partial charge in [-0.05, 0) is 37.6 Å². The van der Waals surface area contributed by atoms with Crippen molar-refractivity contribution >= 4 is 21.9 Å². The van der Waals surface area contributed by atoms with E-state index in [1.54, 1.807) is 6.92 Å². The second-order valence-electron chi connectivity index (χ2n) is 4.88. The number of carbonyl (C=O) groups excluding carboxylic acids is 1. The number of halogens is 1. The van der Waals surface area contributed by atoms with Gasteiger partial charge in [-0.15, -0.1) is 0 Å². The second-order valence-corrected chi connectivity index (χ2v) is 5.44. The normalized spacial score (nSPS) is 10.6. The third-order valence-electron chi connectivity index (χ3n) is 3.15. The molecule has 0 aliphatic heterocycles. The van der Waals surface area contributed by atoms with Gasteiger partial charge in [-0.1, -0.05) is 29.3 Å². The number of ether oxygens (including phenoxy) is 2. The lowest BCUT2D eigenvalue weighted by molar-refractivity contribution is 0.0490. The SMILES string of the molecule is CCCCOc1ccc(-c2nc(CBr)c(C(=O)OCC)o2)cc1. The summed E-state index contributed by atoms with van der Waals surface area (Å²) in [4.78, 5) is 16.2. The van der Waals surface area contributed by atoms with E-state index in [4.69, 9.17) is 13.9 Å². The lowest BCUT2D eigenvalue weighted by Crippen LogP contribution is -2.05. The number of hydrogen-bond acceptors (Lipinski definition) is 5. The van der Waals surface area contributed by atoms with Crippen LogP contribution in [-0.4, -0.2) is 24.2 Å². The molecule has 0 fully saturated rings. The highest BCUT2D eigenvalue weighted by Gasteiger charge is 2.21. The van der Waals surface area contributed by atoms with Crippen LogP contribution in [0.2, 0.25) is 0 Å². The molecule has 0 saturated carbocycles. The minimum atomic E-state index is -0.500. The monoisotopic (exact) mass is 381 g/mol. The molecule has 1 aromatic heterocycles. The lowest BCUT2D eigenvalue weighted by atomic mass is 10.2. The summed E-state index contributed by atoms with van der Waals surface area (Å²) in [6, 6.07) is 7.46. The van der Waals surface area contributed by atoms with Crippen LogP contribution in [0.25, 0.3) is 11.5 Å². The zero-order valence-corrected chi connectivity index (χ0v) is 14.9. The van der Waals surface area contributed by atoms with Gasteiger partial charge in [-0.3, -0.25) is 0 Å². The average molecular weight is 382 g/mol. The molecule has 0 unspecified atom stereocenters. The number of carbonyl (C=O) groups is 1. The van der Waals surface area contributed by atoms with Gasteiger partial charge < -0.3 is 13.9 Å². The van der Waals surface area contributed by atoms with Crippen LogP contribution in [0.1, 0.15) is 42.9 Å². The quantitative estimate of drug-likeness (QED) is 0.380. The summed E-state index contributed by atoms with van der Waals surface area (Å²) in [5, 5.41) is 0.420. The Hall–Kier alpha value is -1.82. The molecule has 0 bridgehead atoms. The second kappa shape index (κ2) is 8.72. The fourth-order valence-corrected chi connectivity index (χ4v) is 2.33. The van der Waals surface area contributed by atoms with E-state index in [1.165, 1.54) is 0 Å². The number of hydrogen-bond donors (Lipinski definition) is 0. The fourth-order valence-electron chi connectivity index (χ4n) is 1.95. The number of benzene rings is 1. The van der Waals surface area contributed by atoms with E-state index in [0.717, 1.165) is 24.2 Å². The van der Waals surface area contributed by atoms with Crippen LogP contribution in [0.15, 0.2) is 28.7 Å². The number of aromatic nitrogens is 1. The fraction of sp³-hybridized carbons (Fsp3) is 0.412. The summed E-state index contributed by atoms with van der Waals surface area (Å²) in [7, 11) is 0. The predicted molar refractivity (Wildman–Crippen MR) is 90.9 cm³/mol. The summed E-state index contributed by atoms with van der Waals surface area (Å²) in [5.41, 5.74) is 1.31. The van der Waals surface area contributed by atoms with Crippen molar-refractivity contribution in [3.63, 3.8) is 0 Å². The predicted octanol–water partition coefficient (Wildman–Crippen LogP) is 4.59. The van der Waals surface area contributed by atoms with E-state index >= 15 is 0 Å². The molecule has 2 rings (SSSR count). The molecular weight excluding hydrogens is 362 g/mol. The van der Waals surface area contributed by atoms with E-state index in [1.807, 2.05) is 24.3 Å². The van der Waals surface area contributed by atoms with Crippen molar-refractivity contribution in [1.29, 1.82) is 0 Å². The van der Waals surface area contributed by atoms with Gasteiger partial charge in [0.1, 0.15) is 11.4 Å². The maximum atomic E-state index is 11.9. The minimum Gasteiger partial charge on any atom is -0.494 e. The van der Waals surface area contributed by atoms with Gasteiger partial charge in [0.25, 0.3) is 0 Å². The van der Waals surface area contributed by atoms with Crippen molar-refractivity contribution in [2.45, 2.75) is 32.0 Å². The maximum absolute atomic E-state index is 11.9. The lowest BCUT2D eigenvalue weighted by Gasteiger charge is -2.05. The van der Waals surface area contributed by atoms with Crippen LogP contribution in [0.3, 0.4) is 0 Å². The first-order chi connectivity index (χ1) is 11.2. The highest BCUT2D eigenvalue weighted by Crippen LogP contribution is 2.26. The Kier molecular flexibility index (Phi) is 6.65. The van der Waals surface area contributed by atoms with Crippen LogP contribution in [-0.2, 0) is 10.1 Å². The van der Waals surface area contributed by atoms with E-state index in [-0.39, 0.29) is 5.76 Å². The van der Waals surface area contributed by atoms with Gasteiger partial charge >= 0.3 is 5.97 Å². The molecule has 0 aliphatic rings. The molecule has 23 heavy (non-hydrogen) atoms. The summed E-state index contributed by atoms with van der Waals surface area (Å²) in [6.07, 6.45) is 2.12. The third-order valence-corrected chi connectivity index (χ3v) is 3.68. The molecule has 0 amide bonds. The molecular formula is C17H20BrNO4. The van der Waals surface area contributed by atoms with Gasteiger partial charge in [0.15, 0.2) is 0 Å². The van der Waals surface area contributed by atoms with Crippen molar-refractivity contribution in [3.8, 4) is 17.2 Å². The number of rotatable bonds is 8. The van der Waals surface area contributed by atoms with E-state index in [9.17, 15) is 4.79 Å². The first-order valence-corrected chi connectivity index (χ1v) is 8.77. The zero-order chi connectivity index (χ0) is 16.7. The van der Waals surface area contributed by atoms with Crippen LogP contribution in [0.4, 0.5) is 0 Å². The minimum absolute atomic E-state index is 0.141. The summed E-state index contributed by atoms with van der Waals surface area (Å²) in [5.74, 6) is 0.838. The molecule has 124 valence electrons. The van der Waals surface area contributed by atoms with Gasteiger partial charge in [0, 0.05) is 10.9 Å². The molecule has 0 saturated heterocycles. The highest BCUT2D eigenvalue weighted by atomic mass is 79.9. The summed E-state index contributed by atoms with van der Waals surface area (Å²) < 4.78 is 16.2. The molecule has 0 atom stereocenters. The molecule has 0 N–H and O–H groups in total. The van der Waals surface area contributed by atoms with Crippen molar-refractivity contribution in [2.24, 2.45) is 0 Å². The number of esters is 1. The van der Waals surface area contributed by atoms with Crippen LogP contribution in [0, 0.1) is 0 Å². The third kappa shape index (κ3) is 4.58. The smallest absolute Gasteiger partial charge is 0.376 e. The Balaban J connectivity index is 2.16. The van der Waals surface area contributed by atoms with Crippen molar-refractivity contribution in [3.05, 3.63) is 35.7 Å². The van der Waals surface area contributed by atoms with Gasteiger partial charge in [0.2, 0.25) is 11.7 Å².